The molecule has 0 aliphatic carbocycles. The van der Waals surface area contributed by atoms with Crippen LogP contribution in [0.15, 0.2) is 28.8 Å². The third-order valence-electron chi connectivity index (χ3n) is 2.55. The maximum Gasteiger partial charge on any atom is 0.339 e. The lowest BCUT2D eigenvalue weighted by Crippen LogP contribution is -2.11. The van der Waals surface area contributed by atoms with Gasteiger partial charge < -0.3 is 4.74 Å². The highest BCUT2D eigenvalue weighted by atomic mass is 32.2. The van der Waals surface area contributed by atoms with Gasteiger partial charge in [-0.25, -0.2) is 9.78 Å². The van der Waals surface area contributed by atoms with E-state index in [1.54, 1.807) is 6.20 Å². The predicted molar refractivity (Wildman–Crippen MR) is 75.6 cm³/mol. The van der Waals surface area contributed by atoms with Crippen LogP contribution in [-0.2, 0) is 9.53 Å². The first kappa shape index (κ1) is 13.0. The summed E-state index contributed by atoms with van der Waals surface area (Å²) < 4.78 is 5.29. The molecule has 96 valence electrons. The van der Waals surface area contributed by atoms with Gasteiger partial charge in [-0.1, -0.05) is 19.2 Å². The summed E-state index contributed by atoms with van der Waals surface area (Å²) in [6.45, 7) is 6.49. The van der Waals surface area contributed by atoms with Crippen molar-refractivity contribution in [3.8, 4) is 0 Å². The normalized spacial score (nSPS) is 17.8. The average molecular weight is 263 g/mol. The molecule has 1 aromatic heterocycles. The van der Waals surface area contributed by atoms with Crippen molar-refractivity contribution < 1.29 is 9.53 Å². The van der Waals surface area contributed by atoms with Crippen molar-refractivity contribution in [2.45, 2.75) is 25.8 Å². The molecule has 4 heteroatoms. The first-order valence-electron chi connectivity index (χ1n) is 5.99. The maximum absolute atomic E-state index is 12.0. The third kappa shape index (κ3) is 2.53. The lowest BCUT2D eigenvalue weighted by atomic mass is 10.1. The summed E-state index contributed by atoms with van der Waals surface area (Å²) in [5.74, 6) is 0.107. The number of hydrogen-bond acceptors (Lipinski definition) is 3. The van der Waals surface area contributed by atoms with Crippen molar-refractivity contribution in [3.05, 3.63) is 29.3 Å². The Morgan fingerprint density at radius 2 is 2.33 bits per heavy atom. The van der Waals surface area contributed by atoms with Crippen molar-refractivity contribution in [1.29, 1.82) is 0 Å². The van der Waals surface area contributed by atoms with Crippen LogP contribution < -0.4 is 0 Å². The van der Waals surface area contributed by atoms with Crippen LogP contribution in [0.3, 0.4) is 0 Å². The first-order chi connectivity index (χ1) is 8.63. The largest absolute Gasteiger partial charge is 0.462 e. The van der Waals surface area contributed by atoms with E-state index in [-0.39, 0.29) is 16.5 Å². The van der Waals surface area contributed by atoms with Crippen LogP contribution in [0, 0.1) is 5.92 Å². The Morgan fingerprint density at radius 3 is 3.00 bits per heavy atom. The minimum absolute atomic E-state index is 0.173. The smallest absolute Gasteiger partial charge is 0.339 e. The first-order valence-corrected chi connectivity index (χ1v) is 7.34. The Balaban J connectivity index is 2.27. The van der Waals surface area contributed by atoms with Crippen molar-refractivity contribution in [1.82, 2.24) is 4.98 Å². The number of carbonyl (C=O) groups excluding carboxylic acids is 1. The molecule has 2 rings (SSSR count). The monoisotopic (exact) mass is 263 g/mol. The number of rotatable bonds is 3. The van der Waals surface area contributed by atoms with Gasteiger partial charge in [0.2, 0.25) is 0 Å². The number of ether oxygens (including phenoxy) is 1. The summed E-state index contributed by atoms with van der Waals surface area (Å²) >= 11 is 0. The number of fused-ring (bicyclic) bond motifs is 1. The number of esters is 1. The molecule has 0 saturated heterocycles. The molecule has 3 nitrogen and oxygen atoms in total. The van der Waals surface area contributed by atoms with Crippen LogP contribution in [0.25, 0.3) is 5.57 Å². The van der Waals surface area contributed by atoms with Crippen LogP contribution in [0.2, 0.25) is 0 Å². The minimum Gasteiger partial charge on any atom is -0.462 e. The molecule has 0 aromatic carbocycles. The molecule has 1 aliphatic rings. The molecule has 1 aromatic rings. The van der Waals surface area contributed by atoms with E-state index in [2.05, 4.69) is 10.4 Å². The lowest BCUT2D eigenvalue weighted by Gasteiger charge is -2.08. The highest BCUT2D eigenvalue weighted by molar-refractivity contribution is 8.18. The van der Waals surface area contributed by atoms with Crippen LogP contribution in [0.4, 0.5) is 0 Å². The molecule has 2 heterocycles. The van der Waals surface area contributed by atoms with E-state index in [1.807, 2.05) is 38.3 Å². The molecule has 1 unspecified atom stereocenters. The molecule has 0 bridgehead atoms. The Hall–Kier alpha value is -1.42. The molecular formula is C14H17NO2S. The Kier molecular flexibility index (Phi) is 3.97. The van der Waals surface area contributed by atoms with E-state index < -0.39 is 0 Å². The number of carbonyl (C=O) groups is 1. The minimum atomic E-state index is -0.241. The van der Waals surface area contributed by atoms with Gasteiger partial charge in [-0.15, -0.1) is 10.5 Å². The predicted octanol–water partition coefficient (Wildman–Crippen LogP) is 3.09. The zero-order valence-electron chi connectivity index (χ0n) is 10.8. The molecular weight excluding hydrogens is 246 g/mol. The van der Waals surface area contributed by atoms with E-state index in [0.29, 0.717) is 18.1 Å². The zero-order valence-corrected chi connectivity index (χ0v) is 11.7. The number of aromatic nitrogens is 1. The Labute approximate surface area is 110 Å². The molecule has 0 radical (unpaired) electrons. The van der Waals surface area contributed by atoms with Gasteiger partial charge in [0.1, 0.15) is 5.03 Å². The second-order valence-corrected chi connectivity index (χ2v) is 6.32. The van der Waals surface area contributed by atoms with Gasteiger partial charge in [-0.05, 0) is 30.4 Å². The highest BCUT2D eigenvalue weighted by Crippen LogP contribution is 2.41. The number of hydrogen-bond donors (Lipinski definition) is 0. The Bertz CT molecular complexity index is 532. The van der Waals surface area contributed by atoms with Crippen molar-refractivity contribution >= 4 is 27.4 Å². The number of nitrogens with zero attached hydrogens (tertiary/aromatic N) is 1. The van der Waals surface area contributed by atoms with Crippen LogP contribution >= 0.6 is 10.5 Å². The van der Waals surface area contributed by atoms with E-state index in [4.69, 9.17) is 4.74 Å². The molecule has 1 aliphatic heterocycles. The second-order valence-electron chi connectivity index (χ2n) is 4.49. The van der Waals surface area contributed by atoms with Crippen LogP contribution in [-0.4, -0.2) is 22.9 Å². The van der Waals surface area contributed by atoms with E-state index in [9.17, 15) is 4.79 Å². The van der Waals surface area contributed by atoms with Crippen molar-refractivity contribution in [2.75, 3.05) is 6.61 Å². The summed E-state index contributed by atoms with van der Waals surface area (Å²) in [4.78, 5) is 16.4. The summed E-state index contributed by atoms with van der Waals surface area (Å²) in [7, 11) is -0.173. The van der Waals surface area contributed by atoms with E-state index in [0.717, 1.165) is 10.6 Å². The quantitative estimate of drug-likeness (QED) is 0.621. The zero-order chi connectivity index (χ0) is 13.1. The fourth-order valence-electron chi connectivity index (χ4n) is 1.69. The van der Waals surface area contributed by atoms with Gasteiger partial charge >= 0.3 is 5.97 Å². The van der Waals surface area contributed by atoms with Gasteiger partial charge in [0, 0.05) is 11.8 Å². The molecule has 0 fully saturated rings. The van der Waals surface area contributed by atoms with E-state index in [1.165, 1.54) is 0 Å². The van der Waals surface area contributed by atoms with Gasteiger partial charge in [-0.2, -0.15) is 0 Å². The van der Waals surface area contributed by atoms with Gasteiger partial charge in [0.05, 0.1) is 12.2 Å². The van der Waals surface area contributed by atoms with E-state index >= 15 is 0 Å². The Morgan fingerprint density at radius 1 is 1.56 bits per heavy atom. The molecule has 0 saturated carbocycles. The molecule has 0 spiro atoms. The second kappa shape index (κ2) is 5.48. The summed E-state index contributed by atoms with van der Waals surface area (Å²) in [6.07, 6.45) is 1.76. The third-order valence-corrected chi connectivity index (χ3v) is 4.32. The van der Waals surface area contributed by atoms with Gasteiger partial charge in [0.25, 0.3) is 0 Å². The molecule has 0 N–H and O–H groups in total. The molecule has 0 amide bonds. The summed E-state index contributed by atoms with van der Waals surface area (Å²) in [5, 5.41) is 4.99. The maximum atomic E-state index is 12.0. The van der Waals surface area contributed by atoms with Crippen LogP contribution in [0.1, 0.15) is 26.3 Å². The fraction of sp³-hybridized carbons (Fsp3) is 0.357. The average Bonchev–Trinajstić information content (AvgIpc) is 2.75. The highest BCUT2D eigenvalue weighted by Gasteiger charge is 2.24. The van der Waals surface area contributed by atoms with Gasteiger partial charge in [-0.3, -0.25) is 0 Å². The molecule has 1 atom stereocenters. The van der Waals surface area contributed by atoms with Gasteiger partial charge in [0.15, 0.2) is 0 Å². The summed E-state index contributed by atoms with van der Waals surface area (Å²) in [5.41, 5.74) is 1.56. The van der Waals surface area contributed by atoms with Crippen molar-refractivity contribution in [2.24, 2.45) is 5.92 Å². The number of pyridine rings is 1. The SMILES string of the molecule is CC=S1C=C(C(=O)OCC(C)C)c2cccnc21. The topological polar surface area (TPSA) is 39.2 Å². The fourth-order valence-corrected chi connectivity index (χ4v) is 3.25. The molecule has 18 heavy (non-hydrogen) atoms. The summed E-state index contributed by atoms with van der Waals surface area (Å²) in [6, 6.07) is 3.78. The lowest BCUT2D eigenvalue weighted by molar-refractivity contribution is -0.137. The standard InChI is InChI=1S/C14H17NO2S/c1-4-18-9-12(14(16)17-8-10(2)3)11-6-5-7-15-13(11)18/h4-7,9-10H,8H2,1-3H3. The van der Waals surface area contributed by atoms with Crippen LogP contribution in [0.5, 0.6) is 0 Å². The van der Waals surface area contributed by atoms with Crippen molar-refractivity contribution in [3.63, 3.8) is 0 Å².